The maximum absolute atomic E-state index is 13.8. The summed E-state index contributed by atoms with van der Waals surface area (Å²) in [4.78, 5) is 34.7. The largest absolute Gasteiger partial charge is 0.369 e. The number of imidazole rings is 1. The molecule has 1 saturated carbocycles. The van der Waals surface area contributed by atoms with Crippen LogP contribution in [-0.2, 0) is 23.2 Å². The van der Waals surface area contributed by atoms with Gasteiger partial charge in [-0.25, -0.2) is 4.98 Å². The van der Waals surface area contributed by atoms with Crippen molar-refractivity contribution in [3.05, 3.63) is 42.5 Å². The number of carbonyl (C=O) groups excluding carboxylic acids is 2. The Morgan fingerprint density at radius 3 is 2.63 bits per heavy atom. The van der Waals surface area contributed by atoms with E-state index in [2.05, 4.69) is 10.3 Å². The minimum atomic E-state index is -0.653. The molecule has 158 valence electrons. The zero-order chi connectivity index (χ0) is 20.7. The number of para-hydroxylation sites is 2. The number of carbonyl (C=O) groups is 2. The van der Waals surface area contributed by atoms with Crippen molar-refractivity contribution in [3.63, 3.8) is 0 Å². The first-order valence-electron chi connectivity index (χ1n) is 11.0. The number of hydrogen-bond donors (Lipinski definition) is 1. The van der Waals surface area contributed by atoms with Crippen LogP contribution in [0.15, 0.2) is 36.8 Å². The molecule has 1 spiro atoms. The number of piperidine rings is 1. The Kier molecular flexibility index (Phi) is 4.76. The van der Waals surface area contributed by atoms with Gasteiger partial charge in [0.05, 0.1) is 29.9 Å². The lowest BCUT2D eigenvalue weighted by Gasteiger charge is -2.48. The molecule has 1 N–H and O–H groups in total. The van der Waals surface area contributed by atoms with Gasteiger partial charge in [0.1, 0.15) is 5.54 Å². The van der Waals surface area contributed by atoms with E-state index in [4.69, 9.17) is 0 Å². The summed E-state index contributed by atoms with van der Waals surface area (Å²) < 4.78 is 1.95. The van der Waals surface area contributed by atoms with Crippen LogP contribution in [0.4, 0.5) is 11.4 Å². The van der Waals surface area contributed by atoms with Gasteiger partial charge >= 0.3 is 0 Å². The third kappa shape index (κ3) is 3.16. The van der Waals surface area contributed by atoms with E-state index in [0.717, 1.165) is 42.8 Å². The fourth-order valence-corrected chi connectivity index (χ4v) is 5.23. The van der Waals surface area contributed by atoms with Gasteiger partial charge in [0.25, 0.3) is 5.91 Å². The number of rotatable bonds is 3. The third-order valence-corrected chi connectivity index (χ3v) is 7.09. The molecule has 1 aliphatic carbocycles. The summed E-state index contributed by atoms with van der Waals surface area (Å²) in [5, 5.41) is 3.56. The summed E-state index contributed by atoms with van der Waals surface area (Å²) in [5.74, 6) is 0.573. The minimum Gasteiger partial charge on any atom is -0.369 e. The highest BCUT2D eigenvalue weighted by atomic mass is 16.2. The number of nitrogens with one attached hydrogen (secondary N) is 1. The highest BCUT2D eigenvalue weighted by molar-refractivity contribution is 6.08. The number of anilines is 2. The fourth-order valence-electron chi connectivity index (χ4n) is 5.23. The molecule has 2 aliphatic heterocycles. The van der Waals surface area contributed by atoms with Crippen LogP contribution in [-0.4, -0.2) is 44.9 Å². The van der Waals surface area contributed by atoms with Crippen LogP contribution in [0.1, 0.15) is 44.2 Å². The van der Waals surface area contributed by atoms with Crippen molar-refractivity contribution in [2.24, 2.45) is 13.0 Å². The summed E-state index contributed by atoms with van der Waals surface area (Å²) >= 11 is 0. The first-order valence-corrected chi connectivity index (χ1v) is 11.0. The van der Waals surface area contributed by atoms with E-state index in [9.17, 15) is 9.59 Å². The maximum Gasteiger partial charge on any atom is 0.253 e. The summed E-state index contributed by atoms with van der Waals surface area (Å²) in [5.41, 5.74) is 2.22. The van der Waals surface area contributed by atoms with Gasteiger partial charge < -0.3 is 19.7 Å². The molecule has 0 radical (unpaired) electrons. The molecule has 2 aromatic rings. The Labute approximate surface area is 177 Å². The predicted molar refractivity (Wildman–Crippen MR) is 115 cm³/mol. The second-order valence-corrected chi connectivity index (χ2v) is 8.92. The molecule has 0 atom stereocenters. The summed E-state index contributed by atoms with van der Waals surface area (Å²) in [6.07, 6.45) is 9.21. The summed E-state index contributed by atoms with van der Waals surface area (Å²) in [7, 11) is 1.95. The average molecular weight is 408 g/mol. The molecule has 0 unspecified atom stereocenters. The maximum atomic E-state index is 13.8. The third-order valence-electron chi connectivity index (χ3n) is 7.09. The van der Waals surface area contributed by atoms with Crippen LogP contribution in [0.25, 0.3) is 0 Å². The Bertz CT molecular complexity index is 954. The highest BCUT2D eigenvalue weighted by Gasteiger charge is 2.48. The second kappa shape index (κ2) is 7.45. The molecule has 2 amide bonds. The highest BCUT2D eigenvalue weighted by Crippen LogP contribution is 2.41. The normalized spacial score (nSPS) is 21.0. The molecule has 3 aliphatic rings. The van der Waals surface area contributed by atoms with E-state index >= 15 is 0 Å². The number of aromatic nitrogens is 2. The zero-order valence-corrected chi connectivity index (χ0v) is 17.5. The Hall–Kier alpha value is -2.83. The Morgan fingerprint density at radius 1 is 1.20 bits per heavy atom. The number of hydrogen-bond acceptors (Lipinski definition) is 4. The molecule has 0 bridgehead atoms. The van der Waals surface area contributed by atoms with E-state index in [1.807, 2.05) is 51.9 Å². The molecule has 2 fully saturated rings. The summed E-state index contributed by atoms with van der Waals surface area (Å²) in [6, 6.07) is 7.99. The standard InChI is InChI=1S/C23H29N5O2/c1-26-16-24-14-18(26)15-28-20-9-5-4-8-19(20)25-23(22(28)30)10-12-27(13-11-23)21(29)17-6-2-3-7-17/h4-5,8-9,14,16-17,25H,2-3,6-7,10-13,15H2,1H3. The van der Waals surface area contributed by atoms with Gasteiger partial charge in [0.15, 0.2) is 0 Å². The van der Waals surface area contributed by atoms with Crippen molar-refractivity contribution < 1.29 is 9.59 Å². The smallest absolute Gasteiger partial charge is 0.253 e. The lowest BCUT2D eigenvalue weighted by atomic mass is 9.83. The first-order chi connectivity index (χ1) is 14.6. The van der Waals surface area contributed by atoms with Crippen molar-refractivity contribution in [1.29, 1.82) is 0 Å². The molecular weight excluding hydrogens is 378 g/mol. The van der Waals surface area contributed by atoms with Crippen molar-refractivity contribution in [1.82, 2.24) is 14.5 Å². The minimum absolute atomic E-state index is 0.0929. The van der Waals surface area contributed by atoms with Crippen LogP contribution < -0.4 is 10.2 Å². The van der Waals surface area contributed by atoms with Crippen LogP contribution in [0, 0.1) is 5.92 Å². The molecule has 1 aromatic heterocycles. The molecule has 1 aromatic carbocycles. The van der Waals surface area contributed by atoms with Crippen molar-refractivity contribution in [2.75, 3.05) is 23.3 Å². The van der Waals surface area contributed by atoms with Crippen LogP contribution in [0.3, 0.4) is 0 Å². The van der Waals surface area contributed by atoms with Gasteiger partial charge in [-0.15, -0.1) is 0 Å². The average Bonchev–Trinajstić information content (AvgIpc) is 3.44. The van der Waals surface area contributed by atoms with Gasteiger partial charge in [-0.3, -0.25) is 9.59 Å². The van der Waals surface area contributed by atoms with E-state index in [-0.39, 0.29) is 17.7 Å². The quantitative estimate of drug-likeness (QED) is 0.849. The Balaban J connectivity index is 1.39. The monoisotopic (exact) mass is 407 g/mol. The van der Waals surface area contributed by atoms with E-state index in [1.165, 1.54) is 0 Å². The lowest BCUT2D eigenvalue weighted by Crippen LogP contribution is -2.62. The SMILES string of the molecule is Cn1cncc1CN1C(=O)C2(CCN(C(=O)C3CCCC3)CC2)Nc2ccccc21. The van der Waals surface area contributed by atoms with E-state index in [0.29, 0.717) is 32.5 Å². The van der Waals surface area contributed by atoms with Crippen molar-refractivity contribution in [3.8, 4) is 0 Å². The van der Waals surface area contributed by atoms with Crippen LogP contribution in [0.5, 0.6) is 0 Å². The van der Waals surface area contributed by atoms with Crippen molar-refractivity contribution >= 4 is 23.2 Å². The number of benzene rings is 1. The van der Waals surface area contributed by atoms with Gasteiger partial charge in [-0.1, -0.05) is 25.0 Å². The number of likely N-dealkylation sites (tertiary alicyclic amines) is 1. The van der Waals surface area contributed by atoms with Crippen LogP contribution in [0.2, 0.25) is 0 Å². The first kappa shape index (κ1) is 19.2. The van der Waals surface area contributed by atoms with Crippen LogP contribution >= 0.6 is 0 Å². The molecule has 30 heavy (non-hydrogen) atoms. The molecule has 7 heteroatoms. The molecular formula is C23H29N5O2. The summed E-state index contributed by atoms with van der Waals surface area (Å²) in [6.45, 7) is 1.76. The second-order valence-electron chi connectivity index (χ2n) is 8.92. The molecule has 5 rings (SSSR count). The number of amides is 2. The molecule has 1 saturated heterocycles. The zero-order valence-electron chi connectivity index (χ0n) is 17.5. The van der Waals surface area contributed by atoms with E-state index < -0.39 is 5.54 Å². The topological polar surface area (TPSA) is 70.5 Å². The molecule has 3 heterocycles. The van der Waals surface area contributed by atoms with Gasteiger partial charge in [0.2, 0.25) is 5.91 Å². The number of nitrogens with zero attached hydrogens (tertiary/aromatic N) is 4. The number of fused-ring (bicyclic) bond motifs is 1. The lowest BCUT2D eigenvalue weighted by molar-refractivity contribution is -0.138. The Morgan fingerprint density at radius 2 is 1.93 bits per heavy atom. The van der Waals surface area contributed by atoms with E-state index in [1.54, 1.807) is 6.33 Å². The van der Waals surface area contributed by atoms with Gasteiger partial charge in [-0.2, -0.15) is 0 Å². The predicted octanol–water partition coefficient (Wildman–Crippen LogP) is 2.93. The number of aryl methyl sites for hydroxylation is 1. The van der Waals surface area contributed by atoms with Gasteiger partial charge in [0, 0.05) is 32.3 Å². The van der Waals surface area contributed by atoms with Crippen molar-refractivity contribution in [2.45, 2.75) is 50.6 Å². The van der Waals surface area contributed by atoms with Gasteiger partial charge in [-0.05, 0) is 37.8 Å². The molecule has 7 nitrogen and oxygen atoms in total. The fraction of sp³-hybridized carbons (Fsp3) is 0.522.